The molecule has 0 bridgehead atoms. The summed E-state index contributed by atoms with van der Waals surface area (Å²) in [5, 5.41) is 18.0. The fourth-order valence-electron chi connectivity index (χ4n) is 2.31. The van der Waals surface area contributed by atoms with E-state index in [1.165, 1.54) is 11.8 Å². The Morgan fingerprint density at radius 3 is 2.42 bits per heavy atom. The van der Waals surface area contributed by atoms with Gasteiger partial charge in [0.2, 0.25) is 0 Å². The minimum Gasteiger partial charge on any atom is -0.497 e. The van der Waals surface area contributed by atoms with E-state index in [-0.39, 0.29) is 11.9 Å². The Morgan fingerprint density at radius 1 is 1.08 bits per heavy atom. The van der Waals surface area contributed by atoms with E-state index in [9.17, 15) is 0 Å². The Hall–Kier alpha value is -2.98. The van der Waals surface area contributed by atoms with Crippen LogP contribution in [0.5, 0.6) is 11.5 Å². The van der Waals surface area contributed by atoms with Crippen LogP contribution in [0, 0.1) is 11.3 Å². The van der Waals surface area contributed by atoms with E-state index < -0.39 is 0 Å². The van der Waals surface area contributed by atoms with Crippen LogP contribution in [0.2, 0.25) is 0 Å². The molecule has 0 amide bonds. The molecule has 0 aliphatic carbocycles. The molecule has 0 aliphatic rings. The summed E-state index contributed by atoms with van der Waals surface area (Å²) in [5.41, 5.74) is 0.929. The lowest BCUT2D eigenvalue weighted by molar-refractivity contribution is 0.292. The second kappa shape index (κ2) is 8.41. The fourth-order valence-corrected chi connectivity index (χ4v) is 3.08. The van der Waals surface area contributed by atoms with Gasteiger partial charge in [-0.2, -0.15) is 5.26 Å². The first-order valence-corrected chi connectivity index (χ1v) is 8.92. The van der Waals surface area contributed by atoms with Gasteiger partial charge in [0, 0.05) is 5.69 Å². The molecule has 0 saturated heterocycles. The van der Waals surface area contributed by atoms with Crippen molar-refractivity contribution in [1.82, 2.24) is 14.8 Å². The highest BCUT2D eigenvalue weighted by atomic mass is 32.2. The summed E-state index contributed by atoms with van der Waals surface area (Å²) >= 11 is 1.37. The lowest BCUT2D eigenvalue weighted by Crippen LogP contribution is -2.07. The summed E-state index contributed by atoms with van der Waals surface area (Å²) in [5.74, 6) is 2.15. The van der Waals surface area contributed by atoms with Crippen molar-refractivity contribution in [2.45, 2.75) is 23.9 Å². The molecule has 6 nitrogen and oxygen atoms in total. The highest BCUT2D eigenvalue weighted by molar-refractivity contribution is 8.00. The number of ether oxygens (including phenoxy) is 2. The molecule has 1 aromatic heterocycles. The first kappa shape index (κ1) is 17.8. The van der Waals surface area contributed by atoms with E-state index in [0.717, 1.165) is 11.4 Å². The van der Waals surface area contributed by atoms with Crippen LogP contribution in [0.1, 0.15) is 12.7 Å². The molecule has 0 N–H and O–H groups in total. The minimum atomic E-state index is -0.225. The topological polar surface area (TPSA) is 73.0 Å². The van der Waals surface area contributed by atoms with E-state index in [0.29, 0.717) is 16.7 Å². The van der Waals surface area contributed by atoms with E-state index in [4.69, 9.17) is 14.7 Å². The second-order valence-electron chi connectivity index (χ2n) is 5.42. The molecule has 0 aliphatic heterocycles. The number of hydrogen-bond donors (Lipinski definition) is 0. The molecule has 0 saturated carbocycles. The maximum atomic E-state index is 9.10. The van der Waals surface area contributed by atoms with Gasteiger partial charge in [-0.1, -0.05) is 30.0 Å². The Kier molecular flexibility index (Phi) is 5.77. The van der Waals surface area contributed by atoms with Crippen molar-refractivity contribution in [3.63, 3.8) is 0 Å². The highest BCUT2D eigenvalue weighted by Crippen LogP contribution is 2.26. The largest absolute Gasteiger partial charge is 0.497 e. The van der Waals surface area contributed by atoms with Gasteiger partial charge in [0.05, 0.1) is 18.4 Å². The van der Waals surface area contributed by atoms with Crippen LogP contribution in [-0.4, -0.2) is 27.1 Å². The number of hydrogen-bond acceptors (Lipinski definition) is 6. The third-order valence-electron chi connectivity index (χ3n) is 3.61. The van der Waals surface area contributed by atoms with Crippen molar-refractivity contribution in [3.05, 3.63) is 60.4 Å². The summed E-state index contributed by atoms with van der Waals surface area (Å²) in [4.78, 5) is 0. The van der Waals surface area contributed by atoms with E-state index >= 15 is 0 Å². The average molecular weight is 366 g/mol. The molecule has 3 aromatic rings. The van der Waals surface area contributed by atoms with Gasteiger partial charge in [0.25, 0.3) is 0 Å². The first-order chi connectivity index (χ1) is 12.7. The lowest BCUT2D eigenvalue weighted by atomic mass is 10.3. The zero-order valence-electron chi connectivity index (χ0n) is 14.5. The number of para-hydroxylation sites is 1. The van der Waals surface area contributed by atoms with Gasteiger partial charge in [-0.05, 0) is 43.3 Å². The van der Waals surface area contributed by atoms with E-state index in [1.807, 2.05) is 66.1 Å². The third kappa shape index (κ3) is 4.16. The van der Waals surface area contributed by atoms with Crippen molar-refractivity contribution in [2.24, 2.45) is 0 Å². The molecular formula is C19H18N4O2S. The summed E-state index contributed by atoms with van der Waals surface area (Å²) in [6.07, 6.45) is 0. The monoisotopic (exact) mass is 366 g/mol. The Balaban J connectivity index is 1.85. The van der Waals surface area contributed by atoms with Gasteiger partial charge < -0.3 is 9.47 Å². The molecule has 0 spiro atoms. The molecule has 3 rings (SSSR count). The minimum absolute atomic E-state index is 0.225. The van der Waals surface area contributed by atoms with Crippen LogP contribution >= 0.6 is 11.8 Å². The van der Waals surface area contributed by atoms with Crippen molar-refractivity contribution < 1.29 is 9.47 Å². The number of nitrogens with zero attached hydrogens (tertiary/aromatic N) is 4. The van der Waals surface area contributed by atoms with Gasteiger partial charge in [-0.15, -0.1) is 10.2 Å². The third-order valence-corrected chi connectivity index (χ3v) is 4.54. The number of methoxy groups -OCH3 is 1. The molecule has 132 valence electrons. The van der Waals surface area contributed by atoms with E-state index in [1.54, 1.807) is 7.11 Å². The highest BCUT2D eigenvalue weighted by Gasteiger charge is 2.17. The van der Waals surface area contributed by atoms with Crippen LogP contribution in [0.3, 0.4) is 0 Å². The Bertz CT molecular complexity index is 888. The van der Waals surface area contributed by atoms with Gasteiger partial charge in [0.15, 0.2) is 11.0 Å². The molecule has 2 aromatic carbocycles. The fraction of sp³-hybridized carbons (Fsp3) is 0.211. The molecular weight excluding hydrogens is 348 g/mol. The van der Waals surface area contributed by atoms with Gasteiger partial charge in [-0.3, -0.25) is 4.57 Å². The van der Waals surface area contributed by atoms with Crippen LogP contribution < -0.4 is 9.47 Å². The maximum absolute atomic E-state index is 9.10. The molecule has 1 heterocycles. The number of thioether (sulfide) groups is 1. The zero-order valence-corrected chi connectivity index (χ0v) is 15.3. The van der Waals surface area contributed by atoms with Crippen LogP contribution in [0.25, 0.3) is 5.69 Å². The predicted molar refractivity (Wildman–Crippen MR) is 99.6 cm³/mol. The Morgan fingerprint density at radius 2 is 1.77 bits per heavy atom. The zero-order chi connectivity index (χ0) is 18.4. The number of aromatic nitrogens is 3. The first-order valence-electron chi connectivity index (χ1n) is 8.04. The lowest BCUT2D eigenvalue weighted by Gasteiger charge is -2.11. The van der Waals surface area contributed by atoms with Crippen molar-refractivity contribution >= 4 is 11.8 Å². The summed E-state index contributed by atoms with van der Waals surface area (Å²) in [7, 11) is 1.62. The quantitative estimate of drug-likeness (QED) is 0.591. The summed E-state index contributed by atoms with van der Waals surface area (Å²) in [6, 6.07) is 19.4. The Labute approximate surface area is 156 Å². The molecule has 0 fully saturated rings. The summed E-state index contributed by atoms with van der Waals surface area (Å²) in [6.45, 7) is 2.10. The van der Waals surface area contributed by atoms with Crippen LogP contribution in [-0.2, 0) is 6.61 Å². The normalized spacial score (nSPS) is 11.6. The number of rotatable bonds is 7. The SMILES string of the molecule is COc1ccc(OCc2nnc(S[C@H](C)C#N)n2-c2ccccc2)cc1. The van der Waals surface area contributed by atoms with Gasteiger partial charge in [0.1, 0.15) is 18.1 Å². The van der Waals surface area contributed by atoms with Crippen molar-refractivity contribution in [3.8, 4) is 23.3 Å². The molecule has 26 heavy (non-hydrogen) atoms. The second-order valence-corrected chi connectivity index (χ2v) is 6.73. The van der Waals surface area contributed by atoms with Crippen LogP contribution in [0.15, 0.2) is 59.8 Å². The molecule has 0 unspecified atom stereocenters. The maximum Gasteiger partial charge on any atom is 0.197 e. The smallest absolute Gasteiger partial charge is 0.197 e. The van der Waals surface area contributed by atoms with E-state index in [2.05, 4.69) is 16.3 Å². The molecule has 7 heteroatoms. The van der Waals surface area contributed by atoms with Crippen molar-refractivity contribution in [1.29, 1.82) is 5.26 Å². The standard InChI is InChI=1S/C19H18N4O2S/c1-14(12-20)26-19-22-21-18(23(19)15-6-4-3-5-7-15)13-25-17-10-8-16(24-2)9-11-17/h3-11,14H,13H2,1-2H3/t14-/m1/s1. The van der Waals surface area contributed by atoms with Gasteiger partial charge in [-0.25, -0.2) is 0 Å². The predicted octanol–water partition coefficient (Wildman–Crippen LogP) is 3.86. The molecule has 1 atom stereocenters. The summed E-state index contributed by atoms with van der Waals surface area (Å²) < 4.78 is 12.9. The number of nitriles is 1. The van der Waals surface area contributed by atoms with Crippen LogP contribution in [0.4, 0.5) is 0 Å². The van der Waals surface area contributed by atoms with Crippen molar-refractivity contribution in [2.75, 3.05) is 7.11 Å². The van der Waals surface area contributed by atoms with Gasteiger partial charge >= 0.3 is 0 Å². The molecule has 0 radical (unpaired) electrons. The number of benzene rings is 2. The average Bonchev–Trinajstić information content (AvgIpc) is 3.09.